The normalized spacial score (nSPS) is 11.1. The molecule has 3 rings (SSSR count). The second kappa shape index (κ2) is 7.53. The van der Waals surface area contributed by atoms with Gasteiger partial charge in [-0.05, 0) is 47.4 Å². The van der Waals surface area contributed by atoms with Gasteiger partial charge < -0.3 is 10.6 Å². The largest absolute Gasteiger partial charge is 0.324 e. The molecule has 0 unspecified atom stereocenters. The van der Waals surface area contributed by atoms with Crippen molar-refractivity contribution in [2.24, 2.45) is 0 Å². The summed E-state index contributed by atoms with van der Waals surface area (Å²) in [6.07, 6.45) is 1.50. The van der Waals surface area contributed by atoms with Gasteiger partial charge in [-0.3, -0.25) is 4.79 Å². The van der Waals surface area contributed by atoms with Crippen LogP contribution in [0.1, 0.15) is 36.8 Å². The molecule has 0 radical (unpaired) electrons. The molecule has 6 heteroatoms. The van der Waals surface area contributed by atoms with Crippen molar-refractivity contribution >= 4 is 23.2 Å². The van der Waals surface area contributed by atoms with E-state index >= 15 is 0 Å². The number of hydrogen-bond acceptors (Lipinski definition) is 4. The first-order valence-corrected chi connectivity index (χ1v) is 8.59. The monoisotopic (exact) mass is 364 g/mol. The first-order chi connectivity index (χ1) is 12.8. The van der Waals surface area contributed by atoms with Crippen molar-refractivity contribution in [1.29, 1.82) is 0 Å². The van der Waals surface area contributed by atoms with Crippen LogP contribution in [-0.4, -0.2) is 15.9 Å². The van der Waals surface area contributed by atoms with Crippen LogP contribution >= 0.6 is 0 Å². The number of halogens is 1. The number of benzene rings is 2. The Morgan fingerprint density at radius 2 is 1.74 bits per heavy atom. The predicted octanol–water partition coefficient (Wildman–Crippen LogP) is 4.91. The Balaban J connectivity index is 1.72. The fourth-order valence-corrected chi connectivity index (χ4v) is 2.49. The molecule has 0 fully saturated rings. The molecule has 2 N–H and O–H groups in total. The molecule has 0 aliphatic heterocycles. The summed E-state index contributed by atoms with van der Waals surface area (Å²) in [6.45, 7) is 6.46. The summed E-state index contributed by atoms with van der Waals surface area (Å²) in [5, 5.41) is 5.71. The highest BCUT2D eigenvalue weighted by Crippen LogP contribution is 2.24. The van der Waals surface area contributed by atoms with Crippen molar-refractivity contribution in [2.45, 2.75) is 26.2 Å². The average molecular weight is 364 g/mol. The Kier molecular flexibility index (Phi) is 5.16. The molecule has 138 valence electrons. The minimum atomic E-state index is -0.436. The fraction of sp³-hybridized carbons (Fsp3) is 0.190. The Morgan fingerprint density at radius 3 is 2.41 bits per heavy atom. The fourth-order valence-electron chi connectivity index (χ4n) is 2.49. The van der Waals surface area contributed by atoms with E-state index in [4.69, 9.17) is 0 Å². The standard InChI is InChI=1S/C21H21FN4O/c1-21(2,3)14-7-9-16(10-8-14)25-20-23-12-11-18(26-20)19(27)24-17-6-4-5-15(22)13-17/h4-13H,1-3H3,(H,24,27)(H,23,25,26). The summed E-state index contributed by atoms with van der Waals surface area (Å²) in [5.41, 5.74) is 2.67. The number of carbonyl (C=O) groups excluding carboxylic acids is 1. The number of anilines is 3. The van der Waals surface area contributed by atoms with E-state index in [0.29, 0.717) is 11.6 Å². The lowest BCUT2D eigenvalue weighted by Gasteiger charge is -2.19. The lowest BCUT2D eigenvalue weighted by molar-refractivity contribution is 0.102. The van der Waals surface area contributed by atoms with E-state index in [0.717, 1.165) is 5.69 Å². The molecule has 1 heterocycles. The summed E-state index contributed by atoms with van der Waals surface area (Å²) in [6, 6.07) is 15.2. The Labute approximate surface area is 157 Å². The van der Waals surface area contributed by atoms with Crippen LogP contribution in [0.15, 0.2) is 60.8 Å². The SMILES string of the molecule is CC(C)(C)c1ccc(Nc2nccc(C(=O)Nc3cccc(F)c3)n2)cc1. The molecular weight excluding hydrogens is 343 g/mol. The molecule has 0 atom stereocenters. The van der Waals surface area contributed by atoms with E-state index in [1.54, 1.807) is 6.07 Å². The molecular formula is C21H21FN4O. The van der Waals surface area contributed by atoms with Gasteiger partial charge in [-0.2, -0.15) is 0 Å². The highest BCUT2D eigenvalue weighted by Gasteiger charge is 2.13. The second-order valence-electron chi connectivity index (χ2n) is 7.18. The Morgan fingerprint density at radius 1 is 1.00 bits per heavy atom. The van der Waals surface area contributed by atoms with Gasteiger partial charge in [0, 0.05) is 17.6 Å². The van der Waals surface area contributed by atoms with Crippen molar-refractivity contribution in [3.63, 3.8) is 0 Å². The number of hydrogen-bond donors (Lipinski definition) is 2. The smallest absolute Gasteiger partial charge is 0.274 e. The van der Waals surface area contributed by atoms with Crippen molar-refractivity contribution in [1.82, 2.24) is 9.97 Å². The van der Waals surface area contributed by atoms with Crippen molar-refractivity contribution in [2.75, 3.05) is 10.6 Å². The molecule has 1 aromatic heterocycles. The van der Waals surface area contributed by atoms with Gasteiger partial charge in [-0.1, -0.05) is 39.0 Å². The number of amides is 1. The minimum absolute atomic E-state index is 0.0734. The van der Waals surface area contributed by atoms with Gasteiger partial charge in [0.05, 0.1) is 0 Å². The third kappa shape index (κ3) is 4.88. The Bertz CT molecular complexity index is 949. The predicted molar refractivity (Wildman–Crippen MR) is 105 cm³/mol. The van der Waals surface area contributed by atoms with E-state index in [-0.39, 0.29) is 11.1 Å². The molecule has 1 amide bonds. The van der Waals surface area contributed by atoms with Crippen LogP contribution in [0.3, 0.4) is 0 Å². The number of nitrogens with one attached hydrogen (secondary N) is 2. The van der Waals surface area contributed by atoms with E-state index < -0.39 is 11.7 Å². The first kappa shape index (κ1) is 18.5. The summed E-state index contributed by atoms with van der Waals surface area (Å²) >= 11 is 0. The van der Waals surface area contributed by atoms with Crippen LogP contribution in [0, 0.1) is 5.82 Å². The van der Waals surface area contributed by atoms with Gasteiger partial charge in [-0.15, -0.1) is 0 Å². The van der Waals surface area contributed by atoms with E-state index in [1.807, 2.05) is 24.3 Å². The zero-order valence-electron chi connectivity index (χ0n) is 15.5. The highest BCUT2D eigenvalue weighted by atomic mass is 19.1. The first-order valence-electron chi connectivity index (χ1n) is 8.59. The minimum Gasteiger partial charge on any atom is -0.324 e. The summed E-state index contributed by atoms with van der Waals surface area (Å²) < 4.78 is 13.2. The second-order valence-corrected chi connectivity index (χ2v) is 7.18. The number of nitrogens with zero attached hydrogens (tertiary/aromatic N) is 2. The molecule has 3 aromatic rings. The number of rotatable bonds is 4. The third-order valence-corrected chi connectivity index (χ3v) is 3.98. The molecule has 0 aliphatic rings. The molecule has 0 aliphatic carbocycles. The van der Waals surface area contributed by atoms with Gasteiger partial charge >= 0.3 is 0 Å². The van der Waals surface area contributed by atoms with Crippen LogP contribution in [0.25, 0.3) is 0 Å². The molecule has 0 spiro atoms. The molecule has 27 heavy (non-hydrogen) atoms. The molecule has 0 saturated heterocycles. The van der Waals surface area contributed by atoms with Crippen LogP contribution in [0.2, 0.25) is 0 Å². The topological polar surface area (TPSA) is 66.9 Å². The molecule has 0 bridgehead atoms. The average Bonchev–Trinajstić information content (AvgIpc) is 2.62. The van der Waals surface area contributed by atoms with Crippen molar-refractivity contribution < 1.29 is 9.18 Å². The maximum atomic E-state index is 13.2. The lowest BCUT2D eigenvalue weighted by atomic mass is 9.87. The third-order valence-electron chi connectivity index (χ3n) is 3.98. The van der Waals surface area contributed by atoms with E-state index in [1.165, 1.54) is 36.0 Å². The zero-order chi connectivity index (χ0) is 19.4. The molecule has 2 aromatic carbocycles. The van der Waals surface area contributed by atoms with E-state index in [2.05, 4.69) is 41.4 Å². The quantitative estimate of drug-likeness (QED) is 0.690. The van der Waals surface area contributed by atoms with Gasteiger partial charge in [-0.25, -0.2) is 14.4 Å². The maximum absolute atomic E-state index is 13.2. The van der Waals surface area contributed by atoms with Crippen molar-refractivity contribution in [3.05, 3.63) is 77.9 Å². The van der Waals surface area contributed by atoms with Gasteiger partial charge in [0.2, 0.25) is 5.95 Å². The number of carbonyl (C=O) groups is 1. The summed E-state index contributed by atoms with van der Waals surface area (Å²) in [4.78, 5) is 20.7. The van der Waals surface area contributed by atoms with Crippen LogP contribution in [-0.2, 0) is 5.41 Å². The van der Waals surface area contributed by atoms with Crippen LogP contribution < -0.4 is 10.6 Å². The molecule has 0 saturated carbocycles. The lowest BCUT2D eigenvalue weighted by Crippen LogP contribution is -2.15. The maximum Gasteiger partial charge on any atom is 0.274 e. The summed E-state index contributed by atoms with van der Waals surface area (Å²) in [5.74, 6) is -0.545. The van der Waals surface area contributed by atoms with Gasteiger partial charge in [0.25, 0.3) is 5.91 Å². The van der Waals surface area contributed by atoms with E-state index in [9.17, 15) is 9.18 Å². The van der Waals surface area contributed by atoms with Gasteiger partial charge in [0.15, 0.2) is 0 Å². The molecule has 5 nitrogen and oxygen atoms in total. The van der Waals surface area contributed by atoms with Crippen molar-refractivity contribution in [3.8, 4) is 0 Å². The van der Waals surface area contributed by atoms with Crippen LogP contribution in [0.5, 0.6) is 0 Å². The van der Waals surface area contributed by atoms with Gasteiger partial charge in [0.1, 0.15) is 11.5 Å². The summed E-state index contributed by atoms with van der Waals surface area (Å²) in [7, 11) is 0. The number of aromatic nitrogens is 2. The Hall–Kier alpha value is -3.28. The zero-order valence-corrected chi connectivity index (χ0v) is 15.5. The highest BCUT2D eigenvalue weighted by molar-refractivity contribution is 6.02. The van der Waals surface area contributed by atoms with Crippen LogP contribution in [0.4, 0.5) is 21.7 Å².